The third-order valence-electron chi connectivity index (χ3n) is 2.67. The molecule has 72 valence electrons. The zero-order valence-corrected chi connectivity index (χ0v) is 8.24. The van der Waals surface area contributed by atoms with E-state index in [1.54, 1.807) is 0 Å². The molecule has 0 amide bonds. The van der Waals surface area contributed by atoms with Crippen molar-refractivity contribution in [1.29, 1.82) is 0 Å². The minimum Gasteiger partial charge on any atom is -0.299 e. The average molecular weight is 186 g/mol. The molecule has 1 fully saturated rings. The Morgan fingerprint density at radius 3 is 2.36 bits per heavy atom. The number of rotatable bonds is 2. The van der Waals surface area contributed by atoms with Crippen LogP contribution < -0.4 is 0 Å². The zero-order valence-electron chi connectivity index (χ0n) is 8.24. The highest BCUT2D eigenvalue weighted by atomic mass is 15.1. The Balaban J connectivity index is 1.99. The Bertz CT molecular complexity index is 328. The maximum absolute atomic E-state index is 6.85. The number of nitrogens with zero attached hydrogens (tertiary/aromatic N) is 2. The zero-order chi connectivity index (χ0) is 9.80. The summed E-state index contributed by atoms with van der Waals surface area (Å²) in [5.41, 5.74) is 2.05. The van der Waals surface area contributed by atoms with Crippen LogP contribution in [0.4, 0.5) is 5.69 Å². The Labute approximate surface area is 85.0 Å². The van der Waals surface area contributed by atoms with Gasteiger partial charge in [0.05, 0.1) is 6.57 Å². The first-order chi connectivity index (χ1) is 6.88. The molecule has 0 saturated carbocycles. The molecular weight excluding hydrogens is 172 g/mol. The molecule has 1 aliphatic heterocycles. The van der Waals surface area contributed by atoms with Gasteiger partial charge in [0, 0.05) is 6.54 Å². The van der Waals surface area contributed by atoms with Crippen LogP contribution in [-0.4, -0.2) is 18.0 Å². The van der Waals surface area contributed by atoms with Crippen LogP contribution in [0.1, 0.15) is 18.4 Å². The summed E-state index contributed by atoms with van der Waals surface area (Å²) < 4.78 is 0. The van der Waals surface area contributed by atoms with E-state index in [1.165, 1.54) is 31.5 Å². The van der Waals surface area contributed by atoms with E-state index in [0.29, 0.717) is 0 Å². The van der Waals surface area contributed by atoms with Gasteiger partial charge in [0.2, 0.25) is 0 Å². The minimum absolute atomic E-state index is 0.732. The molecule has 0 N–H and O–H groups in total. The van der Waals surface area contributed by atoms with Crippen molar-refractivity contribution in [3.63, 3.8) is 0 Å². The second-order valence-corrected chi connectivity index (χ2v) is 3.76. The second-order valence-electron chi connectivity index (χ2n) is 3.76. The third kappa shape index (κ3) is 2.12. The minimum atomic E-state index is 0.732. The number of likely N-dealkylation sites (tertiary alicyclic amines) is 1. The predicted molar refractivity (Wildman–Crippen MR) is 57.2 cm³/mol. The number of hydrogen-bond donors (Lipinski definition) is 0. The molecule has 0 unspecified atom stereocenters. The molecule has 2 heteroatoms. The van der Waals surface area contributed by atoms with Crippen molar-refractivity contribution < 1.29 is 0 Å². The fourth-order valence-corrected chi connectivity index (χ4v) is 1.87. The van der Waals surface area contributed by atoms with Crippen molar-refractivity contribution in [2.45, 2.75) is 19.4 Å². The van der Waals surface area contributed by atoms with Gasteiger partial charge in [0.25, 0.3) is 0 Å². The fraction of sp³-hybridized carbons (Fsp3) is 0.417. The highest BCUT2D eigenvalue weighted by Crippen LogP contribution is 2.16. The van der Waals surface area contributed by atoms with E-state index in [2.05, 4.69) is 21.9 Å². The molecule has 2 nitrogen and oxygen atoms in total. The van der Waals surface area contributed by atoms with Gasteiger partial charge in [-0.05, 0) is 31.5 Å². The first-order valence-corrected chi connectivity index (χ1v) is 5.07. The van der Waals surface area contributed by atoms with Gasteiger partial charge in [-0.25, -0.2) is 4.85 Å². The van der Waals surface area contributed by atoms with Gasteiger partial charge in [-0.2, -0.15) is 0 Å². The summed E-state index contributed by atoms with van der Waals surface area (Å²) in [7, 11) is 0. The van der Waals surface area contributed by atoms with Crippen LogP contribution in [0.25, 0.3) is 4.85 Å². The van der Waals surface area contributed by atoms with Crippen molar-refractivity contribution >= 4 is 5.69 Å². The van der Waals surface area contributed by atoms with Gasteiger partial charge in [-0.3, -0.25) is 4.90 Å². The van der Waals surface area contributed by atoms with Crippen molar-refractivity contribution in [2.24, 2.45) is 0 Å². The molecule has 1 aliphatic rings. The van der Waals surface area contributed by atoms with Crippen LogP contribution in [0.3, 0.4) is 0 Å². The first-order valence-electron chi connectivity index (χ1n) is 5.07. The van der Waals surface area contributed by atoms with Gasteiger partial charge in [-0.1, -0.05) is 24.3 Å². The van der Waals surface area contributed by atoms with Crippen LogP contribution in [-0.2, 0) is 6.54 Å². The Hall–Kier alpha value is -1.33. The van der Waals surface area contributed by atoms with E-state index < -0.39 is 0 Å². The summed E-state index contributed by atoms with van der Waals surface area (Å²) in [5, 5.41) is 0. The topological polar surface area (TPSA) is 7.60 Å². The molecule has 2 rings (SSSR count). The normalized spacial score (nSPS) is 16.8. The van der Waals surface area contributed by atoms with E-state index in [-0.39, 0.29) is 0 Å². The Morgan fingerprint density at radius 1 is 1.14 bits per heavy atom. The molecule has 14 heavy (non-hydrogen) atoms. The van der Waals surface area contributed by atoms with Gasteiger partial charge in [0.1, 0.15) is 0 Å². The lowest BCUT2D eigenvalue weighted by Gasteiger charge is -2.14. The third-order valence-corrected chi connectivity index (χ3v) is 2.67. The number of hydrogen-bond acceptors (Lipinski definition) is 1. The summed E-state index contributed by atoms with van der Waals surface area (Å²) >= 11 is 0. The molecule has 0 bridgehead atoms. The largest absolute Gasteiger partial charge is 0.299 e. The van der Waals surface area contributed by atoms with Crippen LogP contribution in [0, 0.1) is 6.57 Å². The highest BCUT2D eigenvalue weighted by Gasteiger charge is 2.11. The Morgan fingerprint density at radius 2 is 1.79 bits per heavy atom. The first kappa shape index (κ1) is 9.23. The highest BCUT2D eigenvalue weighted by molar-refractivity contribution is 5.45. The predicted octanol–water partition coefficient (Wildman–Crippen LogP) is 2.83. The van der Waals surface area contributed by atoms with E-state index in [0.717, 1.165) is 12.2 Å². The average Bonchev–Trinajstić information content (AvgIpc) is 2.72. The molecule has 0 aliphatic carbocycles. The molecule has 0 aromatic heterocycles. The standard InChI is InChI=1S/C12H14N2/c1-13-12-6-4-11(5-7-12)10-14-8-2-3-9-14/h4-7H,2-3,8-10H2. The molecule has 1 saturated heterocycles. The summed E-state index contributed by atoms with van der Waals surface area (Å²) in [6.45, 7) is 10.3. The molecule has 0 atom stereocenters. The van der Waals surface area contributed by atoms with Crippen LogP contribution in [0.15, 0.2) is 24.3 Å². The monoisotopic (exact) mass is 186 g/mol. The lowest BCUT2D eigenvalue weighted by molar-refractivity contribution is 0.331. The summed E-state index contributed by atoms with van der Waals surface area (Å²) in [5.74, 6) is 0. The van der Waals surface area contributed by atoms with Gasteiger partial charge >= 0.3 is 0 Å². The van der Waals surface area contributed by atoms with Crippen molar-refractivity contribution in [2.75, 3.05) is 13.1 Å². The van der Waals surface area contributed by atoms with Gasteiger partial charge < -0.3 is 0 Å². The Kier molecular flexibility index (Phi) is 2.81. The number of benzene rings is 1. The van der Waals surface area contributed by atoms with Gasteiger partial charge in [-0.15, -0.1) is 0 Å². The fourth-order valence-electron chi connectivity index (χ4n) is 1.87. The van der Waals surface area contributed by atoms with Crippen molar-refractivity contribution in [3.05, 3.63) is 41.2 Å². The van der Waals surface area contributed by atoms with E-state index >= 15 is 0 Å². The molecule has 0 spiro atoms. The lowest BCUT2D eigenvalue weighted by Crippen LogP contribution is -2.18. The quantitative estimate of drug-likeness (QED) is 0.644. The summed E-state index contributed by atoms with van der Waals surface area (Å²) in [6, 6.07) is 7.92. The lowest BCUT2D eigenvalue weighted by atomic mass is 10.2. The molecule has 0 radical (unpaired) electrons. The van der Waals surface area contributed by atoms with Crippen LogP contribution in [0.5, 0.6) is 0 Å². The van der Waals surface area contributed by atoms with E-state index in [9.17, 15) is 0 Å². The maximum atomic E-state index is 6.85. The second kappa shape index (κ2) is 4.26. The smallest absolute Gasteiger partial charge is 0.187 e. The maximum Gasteiger partial charge on any atom is 0.187 e. The van der Waals surface area contributed by atoms with E-state index in [4.69, 9.17) is 6.57 Å². The molecule has 1 aromatic rings. The van der Waals surface area contributed by atoms with Gasteiger partial charge in [0.15, 0.2) is 5.69 Å². The molecule has 1 aromatic carbocycles. The van der Waals surface area contributed by atoms with E-state index in [1.807, 2.05) is 12.1 Å². The SMILES string of the molecule is [C-]#[N+]c1ccc(CN2CCCC2)cc1. The van der Waals surface area contributed by atoms with Crippen molar-refractivity contribution in [3.8, 4) is 0 Å². The van der Waals surface area contributed by atoms with Crippen LogP contribution >= 0.6 is 0 Å². The molecule has 1 heterocycles. The summed E-state index contributed by atoms with van der Waals surface area (Å²) in [4.78, 5) is 5.85. The molecular formula is C12H14N2. The van der Waals surface area contributed by atoms with Crippen molar-refractivity contribution in [1.82, 2.24) is 4.90 Å². The van der Waals surface area contributed by atoms with Crippen LogP contribution in [0.2, 0.25) is 0 Å². The summed E-state index contributed by atoms with van der Waals surface area (Å²) in [6.07, 6.45) is 2.67.